The summed E-state index contributed by atoms with van der Waals surface area (Å²) in [6, 6.07) is 7.73. The zero-order chi connectivity index (χ0) is 13.8. The maximum atomic E-state index is 12.2. The first kappa shape index (κ1) is 13.3. The zero-order valence-corrected chi connectivity index (χ0v) is 11.7. The van der Waals surface area contributed by atoms with Crippen molar-refractivity contribution in [3.05, 3.63) is 24.3 Å². The molecular weight excluding hydrogens is 252 g/mol. The lowest BCUT2D eigenvalue weighted by atomic mass is 9.89. The fourth-order valence-electron chi connectivity index (χ4n) is 3.01. The van der Waals surface area contributed by atoms with Gasteiger partial charge in [0.1, 0.15) is 5.75 Å². The molecule has 1 fully saturated rings. The molecule has 0 saturated heterocycles. The largest absolute Gasteiger partial charge is 0.477 e. The minimum absolute atomic E-state index is 0.00224. The summed E-state index contributed by atoms with van der Waals surface area (Å²) in [6.45, 7) is 1.33. The fourth-order valence-corrected chi connectivity index (χ4v) is 3.01. The highest BCUT2D eigenvalue weighted by Crippen LogP contribution is 2.28. The van der Waals surface area contributed by atoms with Crippen LogP contribution < -0.4 is 15.4 Å². The van der Waals surface area contributed by atoms with Gasteiger partial charge in [0.2, 0.25) is 0 Å². The molecule has 1 aromatic rings. The Labute approximate surface area is 119 Å². The Hall–Kier alpha value is -1.71. The lowest BCUT2D eigenvalue weighted by Crippen LogP contribution is -2.46. The molecule has 2 aliphatic rings. The molecule has 1 aliphatic heterocycles. The molecule has 3 rings (SSSR count). The average Bonchev–Trinajstić information content (AvgIpc) is 2.53. The molecule has 1 heterocycles. The Morgan fingerprint density at radius 2 is 2.05 bits per heavy atom. The Balaban J connectivity index is 1.51. The lowest BCUT2D eigenvalue weighted by Gasteiger charge is -2.27. The molecule has 4 heteroatoms. The van der Waals surface area contributed by atoms with Gasteiger partial charge in [0.15, 0.2) is 6.10 Å². The number of carbonyl (C=O) groups is 1. The number of anilines is 1. The Bertz CT molecular complexity index is 469. The second kappa shape index (κ2) is 6.16. The summed E-state index contributed by atoms with van der Waals surface area (Å²) in [5.41, 5.74) is 0.962. The maximum Gasteiger partial charge on any atom is 0.262 e. The van der Waals surface area contributed by atoms with Crippen LogP contribution in [-0.2, 0) is 4.79 Å². The molecular formula is C16H22N2O2. The predicted octanol–water partition coefficient (Wildman–Crippen LogP) is 2.56. The van der Waals surface area contributed by atoms with Crippen LogP contribution in [0.4, 0.5) is 5.69 Å². The molecule has 0 radical (unpaired) electrons. The van der Waals surface area contributed by atoms with Crippen molar-refractivity contribution in [2.45, 2.75) is 38.2 Å². The van der Waals surface area contributed by atoms with Gasteiger partial charge in [-0.05, 0) is 30.9 Å². The van der Waals surface area contributed by atoms with Crippen molar-refractivity contribution in [2.75, 3.05) is 18.4 Å². The lowest BCUT2D eigenvalue weighted by molar-refractivity contribution is -0.127. The van der Waals surface area contributed by atoms with E-state index in [0.717, 1.165) is 18.0 Å². The molecule has 1 aliphatic carbocycles. The second-order valence-electron chi connectivity index (χ2n) is 5.73. The number of fused-ring (bicyclic) bond motifs is 1. The van der Waals surface area contributed by atoms with E-state index in [1.54, 1.807) is 0 Å². The zero-order valence-electron chi connectivity index (χ0n) is 11.7. The smallest absolute Gasteiger partial charge is 0.262 e. The molecule has 1 amide bonds. The third kappa shape index (κ3) is 3.06. The van der Waals surface area contributed by atoms with E-state index in [-0.39, 0.29) is 5.91 Å². The van der Waals surface area contributed by atoms with E-state index in [2.05, 4.69) is 10.6 Å². The van der Waals surface area contributed by atoms with Gasteiger partial charge < -0.3 is 15.4 Å². The number of carbonyl (C=O) groups excluding carboxylic acids is 1. The monoisotopic (exact) mass is 274 g/mol. The van der Waals surface area contributed by atoms with Gasteiger partial charge in [0, 0.05) is 6.54 Å². The summed E-state index contributed by atoms with van der Waals surface area (Å²) in [5.74, 6) is 1.41. The standard InChI is InChI=1S/C16H22N2O2/c19-16(18-10-12-6-2-1-3-7-12)15-11-17-13-8-4-5-9-14(13)20-15/h4-5,8-9,12,15,17H,1-3,6-7,10-11H2,(H,18,19). The minimum atomic E-state index is -0.423. The first-order valence-corrected chi connectivity index (χ1v) is 7.60. The molecule has 108 valence electrons. The van der Waals surface area contributed by atoms with E-state index in [1.165, 1.54) is 32.1 Å². The molecule has 2 N–H and O–H groups in total. The third-order valence-corrected chi connectivity index (χ3v) is 4.22. The molecule has 1 unspecified atom stereocenters. The summed E-state index contributed by atoms with van der Waals surface area (Å²) in [7, 11) is 0. The highest BCUT2D eigenvalue weighted by Gasteiger charge is 2.26. The van der Waals surface area contributed by atoms with E-state index in [4.69, 9.17) is 4.74 Å². The van der Waals surface area contributed by atoms with Gasteiger partial charge >= 0.3 is 0 Å². The van der Waals surface area contributed by atoms with Crippen molar-refractivity contribution in [2.24, 2.45) is 5.92 Å². The van der Waals surface area contributed by atoms with Crippen molar-refractivity contribution in [3.8, 4) is 5.75 Å². The van der Waals surface area contributed by atoms with Crippen LogP contribution in [0.25, 0.3) is 0 Å². The van der Waals surface area contributed by atoms with Crippen LogP contribution in [0.3, 0.4) is 0 Å². The number of nitrogens with one attached hydrogen (secondary N) is 2. The summed E-state index contributed by atoms with van der Waals surface area (Å²) in [6.07, 6.45) is 6.01. The van der Waals surface area contributed by atoms with E-state index in [0.29, 0.717) is 12.5 Å². The molecule has 20 heavy (non-hydrogen) atoms. The van der Waals surface area contributed by atoms with Crippen molar-refractivity contribution in [3.63, 3.8) is 0 Å². The van der Waals surface area contributed by atoms with Crippen molar-refractivity contribution >= 4 is 11.6 Å². The predicted molar refractivity (Wildman–Crippen MR) is 78.9 cm³/mol. The van der Waals surface area contributed by atoms with Gasteiger partial charge in [-0.1, -0.05) is 31.4 Å². The number of hydrogen-bond donors (Lipinski definition) is 2. The van der Waals surface area contributed by atoms with Crippen LogP contribution in [0.15, 0.2) is 24.3 Å². The number of rotatable bonds is 3. The van der Waals surface area contributed by atoms with Gasteiger partial charge in [-0.3, -0.25) is 4.79 Å². The molecule has 0 spiro atoms. The minimum Gasteiger partial charge on any atom is -0.477 e. The summed E-state index contributed by atoms with van der Waals surface area (Å²) < 4.78 is 5.76. The summed E-state index contributed by atoms with van der Waals surface area (Å²) >= 11 is 0. The SMILES string of the molecule is O=C(NCC1CCCCC1)C1CNc2ccccc2O1. The molecule has 1 atom stereocenters. The number of hydrogen-bond acceptors (Lipinski definition) is 3. The topological polar surface area (TPSA) is 50.4 Å². The molecule has 1 aromatic carbocycles. The first-order valence-electron chi connectivity index (χ1n) is 7.60. The van der Waals surface area contributed by atoms with E-state index >= 15 is 0 Å². The number of amides is 1. The van der Waals surface area contributed by atoms with Crippen LogP contribution in [0.2, 0.25) is 0 Å². The van der Waals surface area contributed by atoms with Crippen LogP contribution in [0.1, 0.15) is 32.1 Å². The Morgan fingerprint density at radius 3 is 2.90 bits per heavy atom. The molecule has 0 aromatic heterocycles. The van der Waals surface area contributed by atoms with Gasteiger partial charge in [0.25, 0.3) is 5.91 Å². The average molecular weight is 274 g/mol. The van der Waals surface area contributed by atoms with Crippen LogP contribution in [0, 0.1) is 5.92 Å². The highest BCUT2D eigenvalue weighted by molar-refractivity contribution is 5.83. The number of benzene rings is 1. The quantitative estimate of drug-likeness (QED) is 0.890. The van der Waals surface area contributed by atoms with E-state index in [9.17, 15) is 4.79 Å². The normalized spacial score (nSPS) is 22.3. The van der Waals surface area contributed by atoms with E-state index < -0.39 is 6.10 Å². The molecule has 4 nitrogen and oxygen atoms in total. The van der Waals surface area contributed by atoms with Crippen LogP contribution in [0.5, 0.6) is 5.75 Å². The molecule has 1 saturated carbocycles. The fraction of sp³-hybridized carbons (Fsp3) is 0.562. The van der Waals surface area contributed by atoms with Crippen molar-refractivity contribution in [1.82, 2.24) is 5.32 Å². The van der Waals surface area contributed by atoms with Gasteiger partial charge in [-0.2, -0.15) is 0 Å². The molecule has 0 bridgehead atoms. The van der Waals surface area contributed by atoms with Gasteiger partial charge in [-0.25, -0.2) is 0 Å². The van der Waals surface area contributed by atoms with Crippen molar-refractivity contribution < 1.29 is 9.53 Å². The number of ether oxygens (including phenoxy) is 1. The van der Waals surface area contributed by atoms with E-state index in [1.807, 2.05) is 24.3 Å². The summed E-state index contributed by atoms with van der Waals surface area (Å²) in [5, 5.41) is 6.29. The Morgan fingerprint density at radius 1 is 1.25 bits per heavy atom. The van der Waals surface area contributed by atoms with Gasteiger partial charge in [0.05, 0.1) is 12.2 Å². The van der Waals surface area contributed by atoms with Crippen molar-refractivity contribution in [1.29, 1.82) is 0 Å². The second-order valence-corrected chi connectivity index (χ2v) is 5.73. The first-order chi connectivity index (χ1) is 9.83. The van der Waals surface area contributed by atoms with Crippen LogP contribution in [-0.4, -0.2) is 25.1 Å². The third-order valence-electron chi connectivity index (χ3n) is 4.22. The van der Waals surface area contributed by atoms with Crippen LogP contribution >= 0.6 is 0 Å². The summed E-state index contributed by atoms with van der Waals surface area (Å²) in [4.78, 5) is 12.2. The maximum absolute atomic E-state index is 12.2. The highest BCUT2D eigenvalue weighted by atomic mass is 16.5. The van der Waals surface area contributed by atoms with Gasteiger partial charge in [-0.15, -0.1) is 0 Å². The number of para-hydroxylation sites is 2. The Kier molecular flexibility index (Phi) is 4.09.